The van der Waals surface area contributed by atoms with Gasteiger partial charge in [-0.25, -0.2) is 4.98 Å². The molecule has 6 heteroatoms. The molecule has 5 nitrogen and oxygen atoms in total. The van der Waals surface area contributed by atoms with Gasteiger partial charge in [0.2, 0.25) is 0 Å². The van der Waals surface area contributed by atoms with E-state index < -0.39 is 0 Å². The van der Waals surface area contributed by atoms with Gasteiger partial charge < -0.3 is 19.4 Å². The lowest BCUT2D eigenvalue weighted by Gasteiger charge is -2.08. The third-order valence-corrected chi connectivity index (χ3v) is 6.00. The predicted octanol–water partition coefficient (Wildman–Crippen LogP) is 5.12. The van der Waals surface area contributed by atoms with Crippen LogP contribution in [0.2, 0.25) is 0 Å². The zero-order valence-corrected chi connectivity index (χ0v) is 17.2. The summed E-state index contributed by atoms with van der Waals surface area (Å²) in [6, 6.07) is 14.6. The average Bonchev–Trinajstić information content (AvgIpc) is 3.25. The Hall–Kier alpha value is -2.99. The van der Waals surface area contributed by atoms with Crippen LogP contribution in [0.3, 0.4) is 0 Å². The Morgan fingerprint density at radius 2 is 1.97 bits per heavy atom. The number of thiazole rings is 1. The molecule has 0 radical (unpaired) electrons. The Labute approximate surface area is 173 Å². The summed E-state index contributed by atoms with van der Waals surface area (Å²) in [5, 5.41) is 7.81. The van der Waals surface area contributed by atoms with E-state index in [1.807, 2.05) is 18.2 Å². The number of para-hydroxylation sites is 1. The molecule has 3 heterocycles. The standard InChI is InChI=1S/C23H23N3O2S/c1-26-14-17(18-5-2-3-6-20(18)26)9-10-24-23-25-19(15-29-23)16-7-8-21-22(13-16)28-12-4-11-27-21/h2-3,5-8,13-15H,4,9-12H2,1H3,(H,24,25). The summed E-state index contributed by atoms with van der Waals surface area (Å²) in [5.41, 5.74) is 4.63. The summed E-state index contributed by atoms with van der Waals surface area (Å²) < 4.78 is 13.7. The van der Waals surface area contributed by atoms with Crippen LogP contribution in [0.4, 0.5) is 5.13 Å². The fraction of sp³-hybridized carbons (Fsp3) is 0.261. The van der Waals surface area contributed by atoms with Crippen LogP contribution in [0.25, 0.3) is 22.2 Å². The zero-order valence-electron chi connectivity index (χ0n) is 16.4. The summed E-state index contributed by atoms with van der Waals surface area (Å²) in [7, 11) is 2.10. The van der Waals surface area contributed by atoms with Gasteiger partial charge in [0, 0.05) is 48.1 Å². The van der Waals surface area contributed by atoms with Crippen molar-refractivity contribution in [1.29, 1.82) is 0 Å². The Morgan fingerprint density at radius 1 is 1.10 bits per heavy atom. The lowest BCUT2D eigenvalue weighted by atomic mass is 10.1. The first kappa shape index (κ1) is 18.1. The molecular weight excluding hydrogens is 382 g/mol. The van der Waals surface area contributed by atoms with Crippen LogP contribution < -0.4 is 14.8 Å². The quantitative estimate of drug-likeness (QED) is 0.501. The predicted molar refractivity (Wildman–Crippen MR) is 118 cm³/mol. The number of benzene rings is 2. The van der Waals surface area contributed by atoms with Crippen molar-refractivity contribution in [2.24, 2.45) is 7.05 Å². The second-order valence-electron chi connectivity index (χ2n) is 7.21. The van der Waals surface area contributed by atoms with Crippen molar-refractivity contribution in [2.45, 2.75) is 12.8 Å². The van der Waals surface area contributed by atoms with Gasteiger partial charge in [-0.1, -0.05) is 18.2 Å². The second-order valence-corrected chi connectivity index (χ2v) is 8.07. The Balaban J connectivity index is 1.26. The molecule has 0 bridgehead atoms. The van der Waals surface area contributed by atoms with Gasteiger partial charge in [-0.2, -0.15) is 0 Å². The molecule has 5 rings (SSSR count). The molecule has 0 atom stereocenters. The smallest absolute Gasteiger partial charge is 0.183 e. The van der Waals surface area contributed by atoms with Crippen molar-refractivity contribution in [3.63, 3.8) is 0 Å². The highest BCUT2D eigenvalue weighted by Crippen LogP contribution is 2.35. The number of rotatable bonds is 5. The molecular formula is C23H23N3O2S. The molecule has 0 spiro atoms. The molecule has 2 aromatic heterocycles. The van der Waals surface area contributed by atoms with Crippen LogP contribution in [-0.2, 0) is 13.5 Å². The third kappa shape index (κ3) is 3.68. The van der Waals surface area contributed by atoms with Crippen molar-refractivity contribution in [2.75, 3.05) is 25.1 Å². The van der Waals surface area contributed by atoms with Crippen LogP contribution in [0.15, 0.2) is 54.0 Å². The minimum atomic E-state index is 0.689. The van der Waals surface area contributed by atoms with E-state index in [1.54, 1.807) is 11.3 Å². The number of nitrogens with zero attached hydrogens (tertiary/aromatic N) is 2. The van der Waals surface area contributed by atoms with E-state index in [0.29, 0.717) is 13.2 Å². The fourth-order valence-electron chi connectivity index (χ4n) is 3.74. The normalized spacial score (nSPS) is 13.4. The molecule has 0 unspecified atom stereocenters. The number of aryl methyl sites for hydroxylation is 1. The second kappa shape index (κ2) is 7.79. The number of anilines is 1. The molecule has 0 saturated carbocycles. The number of hydrogen-bond donors (Lipinski definition) is 1. The monoisotopic (exact) mass is 405 g/mol. The number of aromatic nitrogens is 2. The summed E-state index contributed by atoms with van der Waals surface area (Å²) >= 11 is 1.63. The zero-order chi connectivity index (χ0) is 19.6. The molecule has 0 amide bonds. The molecule has 0 saturated heterocycles. The van der Waals surface area contributed by atoms with Gasteiger partial charge in [-0.3, -0.25) is 0 Å². The summed E-state index contributed by atoms with van der Waals surface area (Å²) in [6.07, 6.45) is 4.09. The van der Waals surface area contributed by atoms with Gasteiger partial charge in [-0.05, 0) is 36.2 Å². The van der Waals surface area contributed by atoms with E-state index in [9.17, 15) is 0 Å². The topological polar surface area (TPSA) is 48.3 Å². The molecule has 4 aromatic rings. The van der Waals surface area contributed by atoms with Crippen molar-refractivity contribution in [1.82, 2.24) is 9.55 Å². The minimum Gasteiger partial charge on any atom is -0.490 e. The molecule has 29 heavy (non-hydrogen) atoms. The first-order chi connectivity index (χ1) is 14.3. The highest BCUT2D eigenvalue weighted by Gasteiger charge is 2.13. The molecule has 1 aliphatic heterocycles. The molecule has 0 fully saturated rings. The van der Waals surface area contributed by atoms with Crippen molar-refractivity contribution < 1.29 is 9.47 Å². The van der Waals surface area contributed by atoms with E-state index in [0.717, 1.165) is 47.3 Å². The van der Waals surface area contributed by atoms with Gasteiger partial charge in [-0.15, -0.1) is 11.3 Å². The number of fused-ring (bicyclic) bond motifs is 2. The van der Waals surface area contributed by atoms with Gasteiger partial charge in [0.1, 0.15) is 0 Å². The summed E-state index contributed by atoms with van der Waals surface area (Å²) in [4.78, 5) is 4.76. The SMILES string of the molecule is Cn1cc(CCNc2nc(-c3ccc4c(c3)OCCCO4)cs2)c2ccccc21. The molecule has 1 N–H and O–H groups in total. The van der Waals surface area contributed by atoms with E-state index in [1.165, 1.54) is 16.5 Å². The third-order valence-electron chi connectivity index (χ3n) is 5.20. The van der Waals surface area contributed by atoms with Gasteiger partial charge in [0.05, 0.1) is 18.9 Å². The van der Waals surface area contributed by atoms with Gasteiger partial charge in [0.15, 0.2) is 16.6 Å². The maximum Gasteiger partial charge on any atom is 0.183 e. The van der Waals surface area contributed by atoms with Crippen molar-refractivity contribution in [3.05, 3.63) is 59.6 Å². The van der Waals surface area contributed by atoms with E-state index >= 15 is 0 Å². The Morgan fingerprint density at radius 3 is 2.90 bits per heavy atom. The molecule has 1 aliphatic rings. The summed E-state index contributed by atoms with van der Waals surface area (Å²) in [5.74, 6) is 1.62. The number of nitrogens with one attached hydrogen (secondary N) is 1. The van der Waals surface area contributed by atoms with Gasteiger partial charge >= 0.3 is 0 Å². The maximum absolute atomic E-state index is 5.80. The average molecular weight is 406 g/mol. The largest absolute Gasteiger partial charge is 0.490 e. The molecule has 2 aromatic carbocycles. The molecule has 0 aliphatic carbocycles. The van der Waals surface area contributed by atoms with E-state index in [2.05, 4.69) is 52.8 Å². The lowest BCUT2D eigenvalue weighted by molar-refractivity contribution is 0.297. The highest BCUT2D eigenvalue weighted by molar-refractivity contribution is 7.14. The highest BCUT2D eigenvalue weighted by atomic mass is 32.1. The lowest BCUT2D eigenvalue weighted by Crippen LogP contribution is -2.04. The molecule has 148 valence electrons. The summed E-state index contributed by atoms with van der Waals surface area (Å²) in [6.45, 7) is 2.24. The van der Waals surface area contributed by atoms with E-state index in [4.69, 9.17) is 14.5 Å². The van der Waals surface area contributed by atoms with Crippen LogP contribution in [0.5, 0.6) is 11.5 Å². The van der Waals surface area contributed by atoms with Gasteiger partial charge in [0.25, 0.3) is 0 Å². The van der Waals surface area contributed by atoms with Crippen LogP contribution in [-0.4, -0.2) is 29.3 Å². The van der Waals surface area contributed by atoms with E-state index in [-0.39, 0.29) is 0 Å². The minimum absolute atomic E-state index is 0.689. The van der Waals surface area contributed by atoms with Crippen molar-refractivity contribution >= 4 is 27.4 Å². The number of hydrogen-bond acceptors (Lipinski definition) is 5. The fourth-order valence-corrected chi connectivity index (χ4v) is 4.49. The van der Waals surface area contributed by atoms with Crippen LogP contribution in [0.1, 0.15) is 12.0 Å². The Bertz CT molecular complexity index is 1150. The van der Waals surface area contributed by atoms with Crippen LogP contribution in [0, 0.1) is 0 Å². The van der Waals surface area contributed by atoms with Crippen molar-refractivity contribution in [3.8, 4) is 22.8 Å². The first-order valence-corrected chi connectivity index (χ1v) is 10.8. The first-order valence-electron chi connectivity index (χ1n) is 9.90. The maximum atomic E-state index is 5.80. The van der Waals surface area contributed by atoms with Crippen LogP contribution >= 0.6 is 11.3 Å². The Kier molecular flexibility index (Phi) is 4.86. The number of ether oxygens (including phenoxy) is 2.